The van der Waals surface area contributed by atoms with Gasteiger partial charge in [-0.2, -0.15) is 0 Å². The number of nitrogens with zero attached hydrogens (tertiary/aromatic N) is 3. The van der Waals surface area contributed by atoms with Crippen molar-refractivity contribution in [1.29, 1.82) is 0 Å². The van der Waals surface area contributed by atoms with Crippen LogP contribution in [0, 0.1) is 5.82 Å². The molecule has 0 unspecified atom stereocenters. The first-order chi connectivity index (χ1) is 10.4. The number of aromatic nitrogens is 2. The second kappa shape index (κ2) is 5.41. The van der Waals surface area contributed by atoms with Gasteiger partial charge in [-0.1, -0.05) is 31.5 Å². The van der Waals surface area contributed by atoms with Crippen molar-refractivity contribution in [3.05, 3.63) is 57.9 Å². The van der Waals surface area contributed by atoms with Crippen LogP contribution in [0.2, 0.25) is 5.02 Å². The lowest BCUT2D eigenvalue weighted by Crippen LogP contribution is -2.30. The molecule has 0 amide bonds. The van der Waals surface area contributed by atoms with Crippen LogP contribution in [0.3, 0.4) is 0 Å². The van der Waals surface area contributed by atoms with Crippen LogP contribution < -0.4 is 5.73 Å². The molecular weight excluding hydrogens is 303 g/mol. The van der Waals surface area contributed by atoms with Crippen LogP contribution in [-0.2, 0) is 12.0 Å². The van der Waals surface area contributed by atoms with Gasteiger partial charge in [-0.15, -0.1) is 0 Å². The van der Waals surface area contributed by atoms with Gasteiger partial charge < -0.3 is 5.73 Å². The number of benzene rings is 1. The lowest BCUT2D eigenvalue weighted by Gasteiger charge is -2.21. The Kier molecular flexibility index (Phi) is 3.70. The van der Waals surface area contributed by atoms with Crippen molar-refractivity contribution >= 4 is 17.3 Å². The molecule has 0 aliphatic carbocycles. The van der Waals surface area contributed by atoms with Gasteiger partial charge in [0, 0.05) is 23.7 Å². The molecule has 114 valence electrons. The normalized spacial score (nSPS) is 14.0. The zero-order chi connectivity index (χ0) is 15.9. The van der Waals surface area contributed by atoms with Crippen LogP contribution in [-0.4, -0.2) is 22.2 Å². The van der Waals surface area contributed by atoms with Crippen LogP contribution in [0.25, 0.3) is 0 Å². The zero-order valence-corrected chi connectivity index (χ0v) is 13.2. The molecule has 3 rings (SSSR count). The number of fused-ring (bicyclic) bond motifs is 1. The Balaban J connectivity index is 2.04. The maximum Gasteiger partial charge on any atom is 0.151 e. The fourth-order valence-electron chi connectivity index (χ4n) is 2.29. The Bertz CT molecular complexity index is 771. The summed E-state index contributed by atoms with van der Waals surface area (Å²) >= 11 is 5.84. The summed E-state index contributed by atoms with van der Waals surface area (Å²) in [5.74, 6) is -0.482. The first kappa shape index (κ1) is 15.1. The quantitative estimate of drug-likeness (QED) is 0.946. The number of nitrogens with two attached hydrogens (primary N) is 1. The number of hydrogen-bond donors (Lipinski definition) is 1. The molecule has 2 aromatic rings. The van der Waals surface area contributed by atoms with Gasteiger partial charge in [0.05, 0.1) is 28.7 Å². The largest absolute Gasteiger partial charge is 0.330 e. The van der Waals surface area contributed by atoms with E-state index in [0.29, 0.717) is 30.1 Å². The fourth-order valence-corrected chi connectivity index (χ4v) is 2.47. The molecule has 1 aliphatic rings. The van der Waals surface area contributed by atoms with Gasteiger partial charge in [0.1, 0.15) is 5.69 Å². The molecule has 0 radical (unpaired) electrons. The molecular formula is C16H16ClFN4. The summed E-state index contributed by atoms with van der Waals surface area (Å²) in [6.45, 7) is 4.88. The average Bonchev–Trinajstić information content (AvgIpc) is 2.93. The smallest absolute Gasteiger partial charge is 0.151 e. The molecule has 22 heavy (non-hydrogen) atoms. The van der Waals surface area contributed by atoms with Crippen molar-refractivity contribution in [2.24, 2.45) is 10.7 Å². The van der Waals surface area contributed by atoms with Crippen molar-refractivity contribution in [2.45, 2.75) is 25.8 Å². The zero-order valence-electron chi connectivity index (χ0n) is 12.4. The molecule has 0 atom stereocenters. The highest BCUT2D eigenvalue weighted by Gasteiger charge is 2.27. The maximum atomic E-state index is 14.2. The van der Waals surface area contributed by atoms with Crippen LogP contribution in [0.15, 0.2) is 29.4 Å². The van der Waals surface area contributed by atoms with Gasteiger partial charge in [-0.25, -0.2) is 4.39 Å². The number of halogens is 2. The summed E-state index contributed by atoms with van der Waals surface area (Å²) in [7, 11) is 0. The second-order valence-corrected chi connectivity index (χ2v) is 6.31. The second-order valence-electron chi connectivity index (χ2n) is 5.90. The first-order valence-corrected chi connectivity index (χ1v) is 7.37. The summed E-state index contributed by atoms with van der Waals surface area (Å²) < 4.78 is 14.2. The van der Waals surface area contributed by atoms with E-state index >= 15 is 0 Å². The van der Waals surface area contributed by atoms with Gasteiger partial charge in [-0.05, 0) is 12.1 Å². The molecule has 0 bridgehead atoms. The Morgan fingerprint density at radius 1 is 1.36 bits per heavy atom. The van der Waals surface area contributed by atoms with Crippen LogP contribution in [0.5, 0.6) is 0 Å². The average molecular weight is 319 g/mol. The summed E-state index contributed by atoms with van der Waals surface area (Å²) in [6.07, 6.45) is 1.69. The van der Waals surface area contributed by atoms with Gasteiger partial charge in [-0.3, -0.25) is 15.0 Å². The van der Waals surface area contributed by atoms with Crippen molar-refractivity contribution < 1.29 is 4.39 Å². The van der Waals surface area contributed by atoms with Gasteiger partial charge in [0.25, 0.3) is 0 Å². The van der Waals surface area contributed by atoms with E-state index in [1.165, 1.54) is 6.07 Å². The highest BCUT2D eigenvalue weighted by molar-refractivity contribution is 6.31. The molecule has 0 saturated carbocycles. The SMILES string of the molecule is CC(C)(CN)c1cnc2c(n1)CN=C2c1cccc(Cl)c1F. The predicted molar refractivity (Wildman–Crippen MR) is 84.9 cm³/mol. The molecule has 1 aliphatic heterocycles. The number of hydrogen-bond acceptors (Lipinski definition) is 4. The maximum absolute atomic E-state index is 14.2. The van der Waals surface area contributed by atoms with E-state index in [0.717, 1.165) is 11.4 Å². The predicted octanol–water partition coefficient (Wildman–Crippen LogP) is 2.86. The molecule has 4 nitrogen and oxygen atoms in total. The Hall–Kier alpha value is -1.85. The number of aliphatic imine (C=N–C) groups is 1. The molecule has 1 aromatic heterocycles. The molecule has 0 saturated heterocycles. The molecule has 0 fully saturated rings. The van der Waals surface area contributed by atoms with Gasteiger partial charge >= 0.3 is 0 Å². The third kappa shape index (κ3) is 2.40. The minimum atomic E-state index is -0.482. The van der Waals surface area contributed by atoms with Gasteiger partial charge in [0.15, 0.2) is 5.82 Å². The Labute approximate surface area is 133 Å². The third-order valence-electron chi connectivity index (χ3n) is 3.87. The fraction of sp³-hybridized carbons (Fsp3) is 0.312. The van der Waals surface area contributed by atoms with E-state index in [4.69, 9.17) is 17.3 Å². The van der Waals surface area contributed by atoms with Crippen LogP contribution >= 0.6 is 11.6 Å². The molecule has 6 heteroatoms. The van der Waals surface area contributed by atoms with Crippen molar-refractivity contribution in [1.82, 2.24) is 9.97 Å². The highest BCUT2D eigenvalue weighted by Crippen LogP contribution is 2.27. The highest BCUT2D eigenvalue weighted by atomic mass is 35.5. The van der Waals surface area contributed by atoms with Crippen LogP contribution in [0.4, 0.5) is 4.39 Å². The lowest BCUT2D eigenvalue weighted by molar-refractivity contribution is 0.516. The summed E-state index contributed by atoms with van der Waals surface area (Å²) in [5, 5.41) is 0.0718. The molecule has 2 N–H and O–H groups in total. The third-order valence-corrected chi connectivity index (χ3v) is 4.16. The minimum absolute atomic E-state index is 0.0718. The van der Waals surface area contributed by atoms with E-state index in [1.54, 1.807) is 18.3 Å². The molecule has 0 spiro atoms. The summed E-state index contributed by atoms with van der Waals surface area (Å²) in [6, 6.07) is 4.85. The standard InChI is InChI=1S/C16H16ClFN4/c1-16(2,8-19)12-7-21-15-11(22-12)6-20-14(15)9-4-3-5-10(17)13(9)18/h3-5,7H,6,8,19H2,1-2H3. The van der Waals surface area contributed by atoms with E-state index in [1.807, 2.05) is 13.8 Å². The van der Waals surface area contributed by atoms with Crippen LogP contribution in [0.1, 0.15) is 36.5 Å². The lowest BCUT2D eigenvalue weighted by atomic mass is 9.89. The van der Waals surface area contributed by atoms with E-state index in [9.17, 15) is 4.39 Å². The minimum Gasteiger partial charge on any atom is -0.330 e. The topological polar surface area (TPSA) is 64.2 Å². The Morgan fingerprint density at radius 3 is 2.86 bits per heavy atom. The van der Waals surface area contributed by atoms with Crippen molar-refractivity contribution in [3.8, 4) is 0 Å². The first-order valence-electron chi connectivity index (χ1n) is 6.99. The van der Waals surface area contributed by atoms with Gasteiger partial charge in [0.2, 0.25) is 0 Å². The number of rotatable bonds is 3. The summed E-state index contributed by atoms with van der Waals surface area (Å²) in [4.78, 5) is 13.4. The monoisotopic (exact) mass is 318 g/mol. The molecule has 2 heterocycles. The van der Waals surface area contributed by atoms with E-state index in [-0.39, 0.29) is 10.4 Å². The van der Waals surface area contributed by atoms with Crippen molar-refractivity contribution in [2.75, 3.05) is 6.54 Å². The van der Waals surface area contributed by atoms with Crippen molar-refractivity contribution in [3.63, 3.8) is 0 Å². The van der Waals surface area contributed by atoms with E-state index < -0.39 is 5.82 Å². The van der Waals surface area contributed by atoms with E-state index in [2.05, 4.69) is 15.0 Å². The Morgan fingerprint density at radius 2 is 2.14 bits per heavy atom. The molecule has 1 aromatic carbocycles. The summed E-state index contributed by atoms with van der Waals surface area (Å²) in [5.41, 5.74) is 8.54.